The molecule has 0 aromatic carbocycles. The van der Waals surface area contributed by atoms with Crippen molar-refractivity contribution < 1.29 is 0 Å². The van der Waals surface area contributed by atoms with E-state index in [1.54, 1.807) is 4.52 Å². The molecule has 4 nitrogen and oxygen atoms in total. The second-order valence-electron chi connectivity index (χ2n) is 5.93. The predicted molar refractivity (Wildman–Crippen MR) is 68.1 cm³/mol. The molecule has 0 aliphatic heterocycles. The summed E-state index contributed by atoms with van der Waals surface area (Å²) in [5.74, 6) is 1.31. The number of nitrogens with zero attached hydrogens (tertiary/aromatic N) is 3. The van der Waals surface area contributed by atoms with Crippen LogP contribution in [0.4, 0.5) is 5.82 Å². The first-order chi connectivity index (χ1) is 7.95. The van der Waals surface area contributed by atoms with Crippen molar-refractivity contribution in [2.45, 2.75) is 44.9 Å². The fourth-order valence-electron chi connectivity index (χ4n) is 1.97. The zero-order valence-electron chi connectivity index (χ0n) is 10.6. The van der Waals surface area contributed by atoms with E-state index in [0.717, 1.165) is 17.0 Å². The molecule has 0 bridgehead atoms. The van der Waals surface area contributed by atoms with Gasteiger partial charge in [0.25, 0.3) is 0 Å². The molecule has 3 rings (SSSR count). The van der Waals surface area contributed by atoms with Crippen LogP contribution in [0.25, 0.3) is 5.65 Å². The van der Waals surface area contributed by atoms with Gasteiger partial charge < -0.3 is 5.73 Å². The van der Waals surface area contributed by atoms with Crippen LogP contribution in [0.3, 0.4) is 0 Å². The highest BCUT2D eigenvalue weighted by molar-refractivity contribution is 5.50. The molecule has 0 atom stereocenters. The quantitative estimate of drug-likeness (QED) is 0.818. The second-order valence-corrected chi connectivity index (χ2v) is 5.93. The van der Waals surface area contributed by atoms with E-state index in [-0.39, 0.29) is 5.41 Å². The molecule has 1 aliphatic rings. The maximum atomic E-state index is 6.04. The Kier molecular flexibility index (Phi) is 2.00. The van der Waals surface area contributed by atoms with Crippen LogP contribution in [0.15, 0.2) is 12.1 Å². The van der Waals surface area contributed by atoms with Crippen molar-refractivity contribution in [3.63, 3.8) is 0 Å². The van der Waals surface area contributed by atoms with Crippen molar-refractivity contribution in [1.29, 1.82) is 0 Å². The second kappa shape index (κ2) is 3.22. The van der Waals surface area contributed by atoms with Gasteiger partial charge in [-0.3, -0.25) is 0 Å². The summed E-state index contributed by atoms with van der Waals surface area (Å²) in [4.78, 5) is 4.65. The summed E-state index contributed by atoms with van der Waals surface area (Å²) in [7, 11) is 0. The third kappa shape index (κ3) is 1.77. The Morgan fingerprint density at radius 3 is 2.59 bits per heavy atom. The van der Waals surface area contributed by atoms with E-state index in [9.17, 15) is 0 Å². The van der Waals surface area contributed by atoms with Crippen LogP contribution in [0.1, 0.15) is 50.9 Å². The van der Waals surface area contributed by atoms with Crippen LogP contribution in [0.5, 0.6) is 0 Å². The summed E-state index contributed by atoms with van der Waals surface area (Å²) in [6.45, 7) is 6.44. The molecule has 2 heterocycles. The number of rotatable bonds is 1. The molecule has 2 aromatic rings. The maximum absolute atomic E-state index is 6.04. The number of aromatic nitrogens is 3. The standard InChI is InChI=1S/C13H18N4/c1-13(2,3)10-7-12-15-9(8-4-5-8)6-11(14)17(12)16-10/h6-8H,4-5,14H2,1-3H3. The summed E-state index contributed by atoms with van der Waals surface area (Å²) in [6.07, 6.45) is 2.48. The number of hydrogen-bond donors (Lipinski definition) is 1. The van der Waals surface area contributed by atoms with Crippen molar-refractivity contribution in [2.24, 2.45) is 0 Å². The molecular formula is C13H18N4. The fraction of sp³-hybridized carbons (Fsp3) is 0.538. The minimum atomic E-state index is 0.0277. The molecular weight excluding hydrogens is 212 g/mol. The number of hydrogen-bond acceptors (Lipinski definition) is 3. The molecule has 1 fully saturated rings. The Hall–Kier alpha value is -1.58. The van der Waals surface area contributed by atoms with Gasteiger partial charge >= 0.3 is 0 Å². The first-order valence-corrected chi connectivity index (χ1v) is 6.12. The summed E-state index contributed by atoms with van der Waals surface area (Å²) in [6, 6.07) is 4.01. The number of nitrogens with two attached hydrogens (primary N) is 1. The largest absolute Gasteiger partial charge is 0.384 e. The van der Waals surface area contributed by atoms with E-state index in [4.69, 9.17) is 5.73 Å². The monoisotopic (exact) mass is 230 g/mol. The molecule has 0 amide bonds. The topological polar surface area (TPSA) is 56.2 Å². The van der Waals surface area contributed by atoms with Crippen molar-refractivity contribution in [3.05, 3.63) is 23.5 Å². The van der Waals surface area contributed by atoms with E-state index < -0.39 is 0 Å². The molecule has 0 spiro atoms. The van der Waals surface area contributed by atoms with Gasteiger partial charge in [-0.05, 0) is 12.8 Å². The van der Waals surface area contributed by atoms with Crippen LogP contribution in [0.2, 0.25) is 0 Å². The van der Waals surface area contributed by atoms with Crippen molar-refractivity contribution >= 4 is 11.5 Å². The summed E-state index contributed by atoms with van der Waals surface area (Å²) in [5.41, 5.74) is 9.09. The van der Waals surface area contributed by atoms with Crippen molar-refractivity contribution in [1.82, 2.24) is 14.6 Å². The molecule has 90 valence electrons. The van der Waals surface area contributed by atoms with E-state index in [1.807, 2.05) is 12.1 Å². The number of fused-ring (bicyclic) bond motifs is 1. The van der Waals surface area contributed by atoms with Crippen LogP contribution < -0.4 is 5.73 Å². The summed E-state index contributed by atoms with van der Waals surface area (Å²) >= 11 is 0. The molecule has 0 saturated heterocycles. The first kappa shape index (κ1) is 10.6. The Bertz CT molecular complexity index is 573. The molecule has 0 radical (unpaired) electrons. The minimum absolute atomic E-state index is 0.0277. The predicted octanol–water partition coefficient (Wildman–Crippen LogP) is 2.49. The van der Waals surface area contributed by atoms with Gasteiger partial charge in [-0.25, -0.2) is 4.98 Å². The highest BCUT2D eigenvalue weighted by Gasteiger charge is 2.26. The van der Waals surface area contributed by atoms with Crippen LogP contribution in [-0.4, -0.2) is 14.6 Å². The molecule has 17 heavy (non-hydrogen) atoms. The SMILES string of the molecule is CC(C)(C)c1cc2nc(C3CC3)cc(N)n2n1. The van der Waals surface area contributed by atoms with Crippen molar-refractivity contribution in [3.8, 4) is 0 Å². The lowest BCUT2D eigenvalue weighted by molar-refractivity contribution is 0.563. The molecule has 1 saturated carbocycles. The van der Waals surface area contributed by atoms with Crippen LogP contribution in [0, 0.1) is 0 Å². The van der Waals surface area contributed by atoms with Gasteiger partial charge in [0.1, 0.15) is 5.82 Å². The van der Waals surface area contributed by atoms with Gasteiger partial charge in [0.05, 0.1) is 5.69 Å². The van der Waals surface area contributed by atoms with Gasteiger partial charge in [0.15, 0.2) is 5.65 Å². The summed E-state index contributed by atoms with van der Waals surface area (Å²) < 4.78 is 1.74. The van der Waals surface area contributed by atoms with Gasteiger partial charge in [0, 0.05) is 29.2 Å². The van der Waals surface area contributed by atoms with E-state index in [0.29, 0.717) is 11.7 Å². The maximum Gasteiger partial charge on any atom is 0.157 e. The molecule has 4 heteroatoms. The van der Waals surface area contributed by atoms with E-state index in [1.165, 1.54) is 12.8 Å². The van der Waals surface area contributed by atoms with Gasteiger partial charge in [-0.2, -0.15) is 9.61 Å². The fourth-order valence-corrected chi connectivity index (χ4v) is 1.97. The zero-order chi connectivity index (χ0) is 12.2. The van der Waals surface area contributed by atoms with E-state index >= 15 is 0 Å². The Balaban J connectivity index is 2.17. The van der Waals surface area contributed by atoms with Crippen LogP contribution >= 0.6 is 0 Å². The third-order valence-electron chi connectivity index (χ3n) is 3.24. The lowest BCUT2D eigenvalue weighted by Gasteiger charge is -2.13. The Morgan fingerprint density at radius 2 is 2.00 bits per heavy atom. The Morgan fingerprint density at radius 1 is 1.29 bits per heavy atom. The highest BCUT2D eigenvalue weighted by Crippen LogP contribution is 2.39. The normalized spacial score (nSPS) is 16.6. The lowest BCUT2D eigenvalue weighted by atomic mass is 9.93. The number of anilines is 1. The van der Waals surface area contributed by atoms with E-state index in [2.05, 4.69) is 30.9 Å². The highest BCUT2D eigenvalue weighted by atomic mass is 15.3. The zero-order valence-corrected chi connectivity index (χ0v) is 10.6. The average molecular weight is 230 g/mol. The smallest absolute Gasteiger partial charge is 0.157 e. The summed E-state index contributed by atoms with van der Waals surface area (Å²) in [5, 5.41) is 4.53. The van der Waals surface area contributed by atoms with Gasteiger partial charge in [-0.1, -0.05) is 20.8 Å². The molecule has 2 N–H and O–H groups in total. The molecule has 1 aliphatic carbocycles. The average Bonchev–Trinajstić information content (AvgIpc) is 2.96. The van der Waals surface area contributed by atoms with Crippen molar-refractivity contribution in [2.75, 3.05) is 5.73 Å². The number of nitrogen functional groups attached to an aromatic ring is 1. The minimum Gasteiger partial charge on any atom is -0.384 e. The van der Waals surface area contributed by atoms with Gasteiger partial charge in [-0.15, -0.1) is 0 Å². The first-order valence-electron chi connectivity index (χ1n) is 6.12. The van der Waals surface area contributed by atoms with Crippen LogP contribution in [-0.2, 0) is 5.41 Å². The molecule has 2 aromatic heterocycles. The lowest BCUT2D eigenvalue weighted by Crippen LogP contribution is -2.12. The van der Waals surface area contributed by atoms with Gasteiger partial charge in [0.2, 0.25) is 0 Å². The third-order valence-corrected chi connectivity index (χ3v) is 3.24. The Labute approximate surface area is 101 Å². The molecule has 0 unspecified atom stereocenters.